The summed E-state index contributed by atoms with van der Waals surface area (Å²) in [4.78, 5) is 11.3. The highest BCUT2D eigenvalue weighted by Gasteiger charge is 2.44. The van der Waals surface area contributed by atoms with E-state index in [1.807, 2.05) is 24.3 Å². The molecule has 1 aromatic rings. The van der Waals surface area contributed by atoms with Crippen LogP contribution >= 0.6 is 10.7 Å². The van der Waals surface area contributed by atoms with Gasteiger partial charge in [-0.2, -0.15) is 8.42 Å². The average molecular weight is 288 g/mol. The summed E-state index contributed by atoms with van der Waals surface area (Å²) in [6.45, 7) is 4.16. The van der Waals surface area contributed by atoms with Gasteiger partial charge in [0.15, 0.2) is 0 Å². The SMILES string of the molecule is CC(C)c1ccc(C2CC(=O)N2S(=O)(=O)Cl)cc1. The minimum Gasteiger partial charge on any atom is -0.274 e. The number of nitrogens with zero attached hydrogens (tertiary/aromatic N) is 1. The molecule has 0 bridgehead atoms. The van der Waals surface area contributed by atoms with Crippen molar-refractivity contribution in [2.24, 2.45) is 0 Å². The van der Waals surface area contributed by atoms with Crippen LogP contribution in [0, 0.1) is 0 Å². The van der Waals surface area contributed by atoms with E-state index in [4.69, 9.17) is 10.7 Å². The first-order valence-corrected chi connectivity index (χ1v) is 7.94. The summed E-state index contributed by atoms with van der Waals surface area (Å²) in [5.41, 5.74) is 1.97. The predicted octanol–water partition coefficient (Wildman–Crippen LogP) is 2.57. The number of β-lactam (4-membered cyclic amide) rings is 1. The van der Waals surface area contributed by atoms with Gasteiger partial charge in [-0.1, -0.05) is 38.1 Å². The van der Waals surface area contributed by atoms with Gasteiger partial charge in [0.2, 0.25) is 5.91 Å². The van der Waals surface area contributed by atoms with E-state index in [2.05, 4.69) is 13.8 Å². The Kier molecular flexibility index (Phi) is 3.38. The quantitative estimate of drug-likeness (QED) is 0.634. The Morgan fingerprint density at radius 3 is 2.22 bits per heavy atom. The first-order valence-electron chi connectivity index (χ1n) is 5.67. The van der Waals surface area contributed by atoms with Crippen LogP contribution in [0.4, 0.5) is 0 Å². The van der Waals surface area contributed by atoms with Gasteiger partial charge < -0.3 is 0 Å². The third-order valence-corrected chi connectivity index (χ3v) is 4.49. The molecule has 4 nitrogen and oxygen atoms in total. The van der Waals surface area contributed by atoms with Crippen LogP contribution in [0.5, 0.6) is 0 Å². The number of rotatable bonds is 3. The highest BCUT2D eigenvalue weighted by atomic mass is 35.7. The van der Waals surface area contributed by atoms with Crippen molar-refractivity contribution >= 4 is 25.8 Å². The predicted molar refractivity (Wildman–Crippen MR) is 69.5 cm³/mol. The van der Waals surface area contributed by atoms with Crippen LogP contribution in [0.1, 0.15) is 43.4 Å². The molecule has 0 aromatic heterocycles. The zero-order valence-corrected chi connectivity index (χ0v) is 11.7. The molecule has 1 fully saturated rings. The zero-order chi connectivity index (χ0) is 13.5. The fourth-order valence-corrected chi connectivity index (χ4v) is 3.37. The van der Waals surface area contributed by atoms with Gasteiger partial charge in [0, 0.05) is 10.7 Å². The Bertz CT molecular complexity index is 565. The highest BCUT2D eigenvalue weighted by molar-refractivity contribution is 8.12. The van der Waals surface area contributed by atoms with Crippen molar-refractivity contribution in [3.8, 4) is 0 Å². The highest BCUT2D eigenvalue weighted by Crippen LogP contribution is 2.38. The number of carbonyl (C=O) groups excluding carboxylic acids is 1. The Morgan fingerprint density at radius 2 is 1.83 bits per heavy atom. The average Bonchev–Trinajstić information content (AvgIpc) is 2.23. The van der Waals surface area contributed by atoms with Crippen molar-refractivity contribution in [3.05, 3.63) is 35.4 Å². The third-order valence-electron chi connectivity index (χ3n) is 3.12. The number of amides is 1. The molecule has 1 atom stereocenters. The fourth-order valence-electron chi connectivity index (χ4n) is 2.03. The number of carbonyl (C=O) groups is 1. The van der Waals surface area contributed by atoms with E-state index in [0.717, 1.165) is 9.87 Å². The van der Waals surface area contributed by atoms with E-state index < -0.39 is 21.2 Å². The normalized spacial score (nSPS) is 20.1. The van der Waals surface area contributed by atoms with Crippen LogP contribution in [0.25, 0.3) is 0 Å². The molecule has 0 saturated carbocycles. The van der Waals surface area contributed by atoms with E-state index in [9.17, 15) is 13.2 Å². The van der Waals surface area contributed by atoms with Gasteiger partial charge in [-0.15, -0.1) is 0 Å². The molecule has 2 rings (SSSR count). The molecule has 0 spiro atoms. The van der Waals surface area contributed by atoms with Crippen LogP contribution in [0.3, 0.4) is 0 Å². The molecule has 1 amide bonds. The lowest BCUT2D eigenvalue weighted by Crippen LogP contribution is -2.47. The van der Waals surface area contributed by atoms with Gasteiger partial charge in [-0.3, -0.25) is 4.79 Å². The molecule has 1 unspecified atom stereocenters. The van der Waals surface area contributed by atoms with Crippen molar-refractivity contribution in [1.29, 1.82) is 0 Å². The van der Waals surface area contributed by atoms with Crippen molar-refractivity contribution in [2.75, 3.05) is 0 Å². The molecular weight excluding hydrogens is 274 g/mol. The van der Waals surface area contributed by atoms with Crippen molar-refractivity contribution < 1.29 is 13.2 Å². The van der Waals surface area contributed by atoms with Crippen LogP contribution in [0.15, 0.2) is 24.3 Å². The van der Waals surface area contributed by atoms with Crippen LogP contribution in [-0.4, -0.2) is 18.6 Å². The van der Waals surface area contributed by atoms with E-state index in [1.54, 1.807) is 0 Å². The molecule has 1 saturated heterocycles. The molecule has 0 radical (unpaired) electrons. The Morgan fingerprint density at radius 1 is 1.28 bits per heavy atom. The topological polar surface area (TPSA) is 54.5 Å². The maximum Gasteiger partial charge on any atom is 0.324 e. The number of benzene rings is 1. The minimum atomic E-state index is -3.98. The molecule has 6 heteroatoms. The summed E-state index contributed by atoms with van der Waals surface area (Å²) >= 11 is 0. The van der Waals surface area contributed by atoms with Crippen LogP contribution < -0.4 is 0 Å². The summed E-state index contributed by atoms with van der Waals surface area (Å²) in [5.74, 6) is -0.0436. The van der Waals surface area contributed by atoms with Crippen LogP contribution in [-0.2, 0) is 14.0 Å². The summed E-state index contributed by atoms with van der Waals surface area (Å²) in [6.07, 6.45) is 0.187. The van der Waals surface area contributed by atoms with Gasteiger partial charge in [-0.25, -0.2) is 4.31 Å². The molecule has 18 heavy (non-hydrogen) atoms. The summed E-state index contributed by atoms with van der Waals surface area (Å²) in [6, 6.07) is 7.13. The number of hydrogen-bond donors (Lipinski definition) is 0. The third kappa shape index (κ3) is 2.37. The summed E-state index contributed by atoms with van der Waals surface area (Å²) in [7, 11) is 1.25. The maximum atomic E-state index is 11.3. The van der Waals surface area contributed by atoms with Crippen molar-refractivity contribution in [3.63, 3.8) is 0 Å². The molecule has 0 aliphatic carbocycles. The Hall–Kier alpha value is -1.07. The first-order chi connectivity index (χ1) is 8.30. The summed E-state index contributed by atoms with van der Waals surface area (Å²) in [5, 5.41) is 0. The zero-order valence-electron chi connectivity index (χ0n) is 10.1. The molecule has 1 aliphatic rings. The molecule has 0 N–H and O–H groups in total. The molecular formula is C12H14ClNO3S. The van der Waals surface area contributed by atoms with Crippen LogP contribution in [0.2, 0.25) is 0 Å². The van der Waals surface area contributed by atoms with E-state index >= 15 is 0 Å². The molecule has 98 valence electrons. The minimum absolute atomic E-state index is 0.187. The smallest absolute Gasteiger partial charge is 0.274 e. The molecule has 1 heterocycles. The largest absolute Gasteiger partial charge is 0.324 e. The Labute approximate surface area is 111 Å². The van der Waals surface area contributed by atoms with E-state index in [1.165, 1.54) is 5.56 Å². The lowest BCUT2D eigenvalue weighted by atomic mass is 9.94. The summed E-state index contributed by atoms with van der Waals surface area (Å²) < 4.78 is 23.2. The van der Waals surface area contributed by atoms with Crippen molar-refractivity contribution in [2.45, 2.75) is 32.2 Å². The second-order valence-corrected chi connectivity index (χ2v) is 7.06. The fraction of sp³-hybridized carbons (Fsp3) is 0.417. The standard InChI is InChI=1S/C12H14ClNO3S/c1-8(2)9-3-5-10(6-4-9)11-7-12(15)14(11)18(13,16)17/h3-6,8,11H,7H2,1-2H3. The lowest BCUT2D eigenvalue weighted by Gasteiger charge is -2.37. The second kappa shape index (κ2) is 4.55. The van der Waals surface area contributed by atoms with Crippen molar-refractivity contribution in [1.82, 2.24) is 4.31 Å². The van der Waals surface area contributed by atoms with Gasteiger partial charge in [-0.05, 0) is 17.0 Å². The van der Waals surface area contributed by atoms with Gasteiger partial charge >= 0.3 is 9.24 Å². The maximum absolute atomic E-state index is 11.3. The van der Waals surface area contributed by atoms with E-state index in [-0.39, 0.29) is 6.42 Å². The number of hydrogen-bond acceptors (Lipinski definition) is 3. The second-order valence-electron chi connectivity index (χ2n) is 4.67. The molecule has 1 aliphatic heterocycles. The van der Waals surface area contributed by atoms with Gasteiger partial charge in [0.25, 0.3) is 0 Å². The Balaban J connectivity index is 2.25. The first kappa shape index (κ1) is 13.4. The van der Waals surface area contributed by atoms with E-state index in [0.29, 0.717) is 5.92 Å². The monoisotopic (exact) mass is 287 g/mol. The van der Waals surface area contributed by atoms with Gasteiger partial charge in [0.05, 0.1) is 12.5 Å². The number of halogens is 1. The molecule has 1 aromatic carbocycles. The van der Waals surface area contributed by atoms with Gasteiger partial charge in [0.1, 0.15) is 0 Å². The lowest BCUT2D eigenvalue weighted by molar-refractivity contribution is -0.137.